The Hall–Kier alpha value is -2.70. The number of ketones is 1. The van der Waals surface area contributed by atoms with Gasteiger partial charge in [-0.15, -0.1) is 0 Å². The summed E-state index contributed by atoms with van der Waals surface area (Å²) in [6.45, 7) is 4.49. The van der Waals surface area contributed by atoms with Gasteiger partial charge in [-0.25, -0.2) is 0 Å². The summed E-state index contributed by atoms with van der Waals surface area (Å²) in [6, 6.07) is 8.81. The second-order valence-electron chi connectivity index (χ2n) is 9.54. The summed E-state index contributed by atoms with van der Waals surface area (Å²) in [4.78, 5) is 14.1. The number of hydrogen-bond acceptors (Lipinski definition) is 6. The van der Waals surface area contributed by atoms with E-state index in [9.17, 15) is 31.1 Å². The number of anilines is 1. The molecule has 2 atom stereocenters. The zero-order chi connectivity index (χ0) is 28.2. The molecule has 39 heavy (non-hydrogen) atoms. The Morgan fingerprint density at radius 3 is 2.46 bits per heavy atom. The van der Waals surface area contributed by atoms with Gasteiger partial charge in [0.1, 0.15) is 0 Å². The first-order valence-corrected chi connectivity index (χ1v) is 13.4. The van der Waals surface area contributed by atoms with Crippen molar-refractivity contribution >= 4 is 23.2 Å². The number of allylic oxidation sites excluding steroid dienone is 1. The van der Waals surface area contributed by atoms with Crippen LogP contribution in [0.15, 0.2) is 58.5 Å². The van der Waals surface area contributed by atoms with Gasteiger partial charge in [-0.05, 0) is 56.6 Å². The van der Waals surface area contributed by atoms with E-state index in [4.69, 9.17) is 4.74 Å². The molecule has 4 rings (SSSR count). The van der Waals surface area contributed by atoms with Crippen LogP contribution < -0.4 is 10.6 Å². The van der Waals surface area contributed by atoms with Gasteiger partial charge >= 0.3 is 12.4 Å². The van der Waals surface area contributed by atoms with Gasteiger partial charge in [0.25, 0.3) is 0 Å². The van der Waals surface area contributed by atoms with E-state index in [1.54, 1.807) is 29.2 Å². The van der Waals surface area contributed by atoms with Crippen LogP contribution >= 0.6 is 11.8 Å². The van der Waals surface area contributed by atoms with Crippen LogP contribution in [0.4, 0.5) is 32.0 Å². The van der Waals surface area contributed by atoms with Crippen molar-refractivity contribution in [3.05, 3.63) is 65.4 Å². The fraction of sp³-hybridized carbons (Fsp3) is 0.444. The van der Waals surface area contributed by atoms with E-state index in [1.165, 1.54) is 6.20 Å². The molecule has 0 saturated carbocycles. The Kier molecular flexibility index (Phi) is 9.18. The number of ether oxygens (including phenoxy) is 1. The summed E-state index contributed by atoms with van der Waals surface area (Å²) >= 11 is 0.581. The Bertz CT molecular complexity index is 1200. The molecule has 2 aliphatic heterocycles. The highest BCUT2D eigenvalue weighted by Crippen LogP contribution is 2.48. The summed E-state index contributed by atoms with van der Waals surface area (Å²) < 4.78 is 90.2. The first-order valence-electron chi connectivity index (χ1n) is 12.6. The molecule has 2 saturated heterocycles. The highest BCUT2D eigenvalue weighted by Gasteiger charge is 2.47. The van der Waals surface area contributed by atoms with E-state index in [1.807, 2.05) is 0 Å². The molecule has 12 heteroatoms. The van der Waals surface area contributed by atoms with Crippen molar-refractivity contribution in [3.63, 3.8) is 0 Å². The number of carbonyl (C=O) groups excluding carboxylic acids is 1. The van der Waals surface area contributed by atoms with Gasteiger partial charge in [0.05, 0.1) is 24.3 Å². The minimum atomic E-state index is -5.41. The van der Waals surface area contributed by atoms with Crippen LogP contribution in [0.25, 0.3) is 0 Å². The number of rotatable bonds is 7. The second-order valence-corrected chi connectivity index (χ2v) is 10.7. The van der Waals surface area contributed by atoms with E-state index < -0.39 is 39.7 Å². The van der Waals surface area contributed by atoms with Crippen LogP contribution in [-0.2, 0) is 17.1 Å². The molecule has 0 spiro atoms. The van der Waals surface area contributed by atoms with Crippen molar-refractivity contribution in [2.24, 2.45) is 0 Å². The van der Waals surface area contributed by atoms with Crippen molar-refractivity contribution in [1.29, 1.82) is 0 Å². The molecule has 2 aromatic carbocycles. The van der Waals surface area contributed by atoms with Crippen LogP contribution in [0, 0.1) is 0 Å². The highest BCUT2D eigenvalue weighted by molar-refractivity contribution is 7.99. The fourth-order valence-electron chi connectivity index (χ4n) is 4.71. The molecular formula is C27H29F6N3O2S. The van der Waals surface area contributed by atoms with Crippen LogP contribution in [0.1, 0.15) is 41.3 Å². The maximum absolute atomic E-state index is 14.2. The van der Waals surface area contributed by atoms with Crippen LogP contribution in [-0.4, -0.2) is 55.6 Å². The molecule has 5 nitrogen and oxygen atoms in total. The Labute approximate surface area is 227 Å². The zero-order valence-corrected chi connectivity index (χ0v) is 22.0. The van der Waals surface area contributed by atoms with E-state index in [0.29, 0.717) is 54.7 Å². The maximum atomic E-state index is 14.2. The quantitative estimate of drug-likeness (QED) is 0.226. The van der Waals surface area contributed by atoms with Gasteiger partial charge in [0, 0.05) is 58.5 Å². The standard InChI is InChI=1S/C27H29F6N3O2S/c1-17-15-19(7-9-34-17)35-18-3-2-4-20(16-18)39-23-6-5-21(22(37)8-10-36-11-13-38-14-12-36)24(26(28,29)30)25(23)27(31,32)33/h2-6,8,10,16-17,19,34-35H,7,9,11-15H2,1H3. The number of nitrogens with one attached hydrogen (secondary N) is 2. The van der Waals surface area contributed by atoms with Gasteiger partial charge in [0.2, 0.25) is 0 Å². The van der Waals surface area contributed by atoms with Gasteiger partial charge in [-0.3, -0.25) is 4.79 Å². The minimum absolute atomic E-state index is 0.167. The summed E-state index contributed by atoms with van der Waals surface area (Å²) in [5, 5.41) is 6.70. The predicted molar refractivity (Wildman–Crippen MR) is 137 cm³/mol. The van der Waals surface area contributed by atoms with Gasteiger partial charge < -0.3 is 20.3 Å². The van der Waals surface area contributed by atoms with Crippen LogP contribution in [0.5, 0.6) is 0 Å². The molecule has 212 valence electrons. The number of carbonyl (C=O) groups is 1. The zero-order valence-electron chi connectivity index (χ0n) is 21.2. The molecule has 2 aromatic rings. The Morgan fingerprint density at radius 2 is 1.79 bits per heavy atom. The topological polar surface area (TPSA) is 53.6 Å². The van der Waals surface area contributed by atoms with Crippen LogP contribution in [0.3, 0.4) is 0 Å². The lowest BCUT2D eigenvalue weighted by molar-refractivity contribution is -0.163. The van der Waals surface area contributed by atoms with Crippen molar-refractivity contribution < 1.29 is 35.9 Å². The summed E-state index contributed by atoms with van der Waals surface area (Å²) in [5.41, 5.74) is -4.21. The fourth-order valence-corrected chi connectivity index (χ4v) is 5.76. The molecule has 0 amide bonds. The minimum Gasteiger partial charge on any atom is -0.382 e. The number of benzene rings is 2. The molecule has 0 radical (unpaired) electrons. The van der Waals surface area contributed by atoms with Gasteiger partial charge in [-0.2, -0.15) is 26.3 Å². The lowest BCUT2D eigenvalue weighted by atomic mass is 9.96. The molecule has 2 heterocycles. The summed E-state index contributed by atoms with van der Waals surface area (Å²) in [6.07, 6.45) is -6.86. The largest absolute Gasteiger partial charge is 0.418 e. The molecule has 2 fully saturated rings. The van der Waals surface area contributed by atoms with E-state index in [-0.39, 0.29) is 6.04 Å². The van der Waals surface area contributed by atoms with Crippen molar-refractivity contribution in [2.75, 3.05) is 38.2 Å². The van der Waals surface area contributed by atoms with E-state index >= 15 is 0 Å². The maximum Gasteiger partial charge on any atom is 0.418 e. The van der Waals surface area contributed by atoms with Crippen molar-refractivity contribution in [1.82, 2.24) is 10.2 Å². The lowest BCUT2D eigenvalue weighted by Crippen LogP contribution is -2.41. The normalized spacial score (nSPS) is 20.8. The van der Waals surface area contributed by atoms with Gasteiger partial charge in [-0.1, -0.05) is 17.8 Å². The van der Waals surface area contributed by atoms with E-state index in [0.717, 1.165) is 37.6 Å². The highest BCUT2D eigenvalue weighted by atomic mass is 32.2. The monoisotopic (exact) mass is 573 g/mol. The number of morpholine rings is 1. The van der Waals surface area contributed by atoms with Gasteiger partial charge in [0.15, 0.2) is 5.78 Å². The average Bonchev–Trinajstić information content (AvgIpc) is 2.87. The predicted octanol–water partition coefficient (Wildman–Crippen LogP) is 6.46. The average molecular weight is 574 g/mol. The first kappa shape index (κ1) is 29.3. The van der Waals surface area contributed by atoms with Crippen molar-refractivity contribution in [3.8, 4) is 0 Å². The number of nitrogens with zero attached hydrogens (tertiary/aromatic N) is 1. The molecule has 0 aliphatic carbocycles. The van der Waals surface area contributed by atoms with Crippen LogP contribution in [0.2, 0.25) is 0 Å². The Morgan fingerprint density at radius 1 is 1.08 bits per heavy atom. The number of alkyl halides is 6. The molecule has 2 aliphatic rings. The third-order valence-electron chi connectivity index (χ3n) is 6.54. The summed E-state index contributed by atoms with van der Waals surface area (Å²) in [7, 11) is 0. The third kappa shape index (κ3) is 7.70. The smallest absolute Gasteiger partial charge is 0.382 e. The molecule has 0 bridgehead atoms. The Balaban J connectivity index is 1.66. The molecule has 2 N–H and O–H groups in total. The number of halogens is 6. The first-order chi connectivity index (χ1) is 18.4. The SMILES string of the molecule is CC1CC(Nc2cccc(Sc3ccc(C(=O)C=CN4CCOCC4)c(C(F)(F)F)c3C(F)(F)F)c2)CCN1. The molecule has 0 aromatic heterocycles. The lowest BCUT2D eigenvalue weighted by Gasteiger charge is -2.29. The van der Waals surface area contributed by atoms with E-state index in [2.05, 4.69) is 17.6 Å². The van der Waals surface area contributed by atoms with Crippen molar-refractivity contribution in [2.45, 2.75) is 54.0 Å². The number of hydrogen-bond donors (Lipinski definition) is 2. The molecule has 2 unspecified atom stereocenters. The summed E-state index contributed by atoms with van der Waals surface area (Å²) in [5.74, 6) is -1.15. The molecular weight excluding hydrogens is 544 g/mol. The second kappa shape index (κ2) is 12.2. The third-order valence-corrected chi connectivity index (χ3v) is 7.59. The number of piperidine rings is 1.